The molecule has 0 bridgehead atoms. The fraction of sp³-hybridized carbons (Fsp3) is 0.400. The summed E-state index contributed by atoms with van der Waals surface area (Å²) in [6.07, 6.45) is 3.49. The van der Waals surface area contributed by atoms with Crippen molar-refractivity contribution in [2.24, 2.45) is 11.3 Å². The number of para-hydroxylation sites is 2. The van der Waals surface area contributed by atoms with Crippen LogP contribution in [0, 0.1) is 11.3 Å². The van der Waals surface area contributed by atoms with Crippen molar-refractivity contribution in [1.29, 1.82) is 0 Å². The van der Waals surface area contributed by atoms with Gasteiger partial charge >= 0.3 is 0 Å². The van der Waals surface area contributed by atoms with Gasteiger partial charge in [-0.2, -0.15) is 0 Å². The van der Waals surface area contributed by atoms with Crippen LogP contribution >= 0.6 is 15.9 Å². The van der Waals surface area contributed by atoms with Crippen LogP contribution in [0.15, 0.2) is 35.1 Å². The molecule has 0 N–H and O–H groups in total. The highest BCUT2D eigenvalue weighted by Crippen LogP contribution is 2.47. The smallest absolute Gasteiger partial charge is 0.182 e. The molecule has 94 valence electrons. The normalized spacial score (nSPS) is 22.4. The maximum absolute atomic E-state index is 4.59. The molecule has 0 spiro atoms. The largest absolute Gasteiger partial charge is 0.291 e. The summed E-state index contributed by atoms with van der Waals surface area (Å²) in [5, 5.41) is 0. The van der Waals surface area contributed by atoms with E-state index in [9.17, 15) is 0 Å². The predicted octanol–water partition coefficient (Wildman–Crippen LogP) is 4.71. The monoisotopic (exact) mass is 304 g/mol. The summed E-state index contributed by atoms with van der Waals surface area (Å²) in [5.41, 5.74) is 3.76. The Labute approximate surface area is 116 Å². The standard InChI is InChI=1S/C15H17BrN2/c1-10-8-9-13(15(10,2)3)18-12-7-5-4-6-11(12)17-14(18)16/h4-7,9-10H,8H2,1-3H3. The molecular formula is C15H17BrN2. The lowest BCUT2D eigenvalue weighted by Gasteiger charge is -2.29. The highest BCUT2D eigenvalue weighted by atomic mass is 79.9. The minimum Gasteiger partial charge on any atom is -0.291 e. The number of allylic oxidation sites excluding steroid dienone is 2. The predicted molar refractivity (Wildman–Crippen MR) is 79.3 cm³/mol. The third-order valence-electron chi connectivity index (χ3n) is 4.32. The fourth-order valence-corrected chi connectivity index (χ4v) is 3.28. The van der Waals surface area contributed by atoms with Crippen LogP contribution in [0.25, 0.3) is 16.7 Å². The number of fused-ring (bicyclic) bond motifs is 1. The van der Waals surface area contributed by atoms with Crippen molar-refractivity contribution in [2.45, 2.75) is 27.2 Å². The molecule has 1 atom stereocenters. The second-order valence-corrected chi connectivity index (χ2v) is 6.36. The zero-order chi connectivity index (χ0) is 12.9. The summed E-state index contributed by atoms with van der Waals surface area (Å²) >= 11 is 3.60. The molecule has 1 aromatic carbocycles. The molecule has 3 heteroatoms. The second-order valence-electron chi connectivity index (χ2n) is 5.65. The average Bonchev–Trinajstić information content (AvgIpc) is 2.77. The van der Waals surface area contributed by atoms with Crippen LogP contribution in [0.3, 0.4) is 0 Å². The SMILES string of the molecule is CC1CC=C(n2c(Br)nc3ccccc32)C1(C)C. The summed E-state index contributed by atoms with van der Waals surface area (Å²) in [6.45, 7) is 6.95. The van der Waals surface area contributed by atoms with Gasteiger partial charge in [0.05, 0.1) is 11.0 Å². The first-order valence-electron chi connectivity index (χ1n) is 6.36. The molecule has 0 aliphatic heterocycles. The Morgan fingerprint density at radius 2 is 2.06 bits per heavy atom. The molecule has 0 saturated heterocycles. The molecule has 3 rings (SSSR count). The van der Waals surface area contributed by atoms with Crippen molar-refractivity contribution < 1.29 is 0 Å². The Morgan fingerprint density at radius 3 is 2.72 bits per heavy atom. The number of imidazole rings is 1. The number of hydrogen-bond donors (Lipinski definition) is 0. The quantitative estimate of drug-likeness (QED) is 0.746. The van der Waals surface area contributed by atoms with Gasteiger partial charge in [0.25, 0.3) is 0 Å². The Morgan fingerprint density at radius 1 is 1.33 bits per heavy atom. The maximum Gasteiger partial charge on any atom is 0.182 e. The molecule has 1 heterocycles. The van der Waals surface area contributed by atoms with Crippen LogP contribution in [0.2, 0.25) is 0 Å². The molecule has 2 nitrogen and oxygen atoms in total. The third kappa shape index (κ3) is 1.57. The number of halogens is 1. The zero-order valence-corrected chi connectivity index (χ0v) is 12.5. The first kappa shape index (κ1) is 12.0. The average molecular weight is 305 g/mol. The number of benzene rings is 1. The minimum atomic E-state index is 0.186. The number of rotatable bonds is 1. The Hall–Kier alpha value is -1.09. The highest BCUT2D eigenvalue weighted by molar-refractivity contribution is 9.10. The molecule has 0 amide bonds. The van der Waals surface area contributed by atoms with Crippen LogP contribution in [-0.2, 0) is 0 Å². The molecular weight excluding hydrogens is 288 g/mol. The lowest BCUT2D eigenvalue weighted by atomic mass is 9.81. The van der Waals surface area contributed by atoms with Gasteiger partial charge in [-0.1, -0.05) is 39.0 Å². The molecule has 0 saturated carbocycles. The van der Waals surface area contributed by atoms with Crippen LogP contribution in [0.4, 0.5) is 0 Å². The number of hydrogen-bond acceptors (Lipinski definition) is 1. The lowest BCUT2D eigenvalue weighted by Crippen LogP contribution is -2.21. The molecule has 2 aromatic rings. The minimum absolute atomic E-state index is 0.186. The van der Waals surface area contributed by atoms with E-state index < -0.39 is 0 Å². The van der Waals surface area contributed by atoms with E-state index >= 15 is 0 Å². The van der Waals surface area contributed by atoms with Gasteiger partial charge in [0, 0.05) is 11.1 Å². The molecule has 0 fully saturated rings. The van der Waals surface area contributed by atoms with E-state index in [1.807, 2.05) is 6.07 Å². The van der Waals surface area contributed by atoms with E-state index in [0.29, 0.717) is 5.92 Å². The highest BCUT2D eigenvalue weighted by Gasteiger charge is 2.36. The topological polar surface area (TPSA) is 17.8 Å². The van der Waals surface area contributed by atoms with Gasteiger partial charge < -0.3 is 0 Å². The van der Waals surface area contributed by atoms with Crippen molar-refractivity contribution in [3.8, 4) is 0 Å². The van der Waals surface area contributed by atoms with Crippen LogP contribution in [0.5, 0.6) is 0 Å². The van der Waals surface area contributed by atoms with E-state index in [-0.39, 0.29) is 5.41 Å². The first-order chi connectivity index (χ1) is 8.51. The van der Waals surface area contributed by atoms with E-state index in [0.717, 1.165) is 16.7 Å². The van der Waals surface area contributed by atoms with Crippen LogP contribution in [0.1, 0.15) is 27.2 Å². The lowest BCUT2D eigenvalue weighted by molar-refractivity contribution is 0.338. The van der Waals surface area contributed by atoms with Gasteiger partial charge in [-0.3, -0.25) is 4.57 Å². The molecule has 0 radical (unpaired) electrons. The van der Waals surface area contributed by atoms with Gasteiger partial charge in [0.2, 0.25) is 0 Å². The fourth-order valence-electron chi connectivity index (χ4n) is 2.70. The Balaban J connectivity index is 2.24. The number of nitrogens with zero attached hydrogens (tertiary/aromatic N) is 2. The van der Waals surface area contributed by atoms with Crippen LogP contribution < -0.4 is 0 Å². The van der Waals surface area contributed by atoms with Gasteiger partial charge in [0.1, 0.15) is 0 Å². The summed E-state index contributed by atoms with van der Waals surface area (Å²) in [6, 6.07) is 8.29. The van der Waals surface area contributed by atoms with Crippen molar-refractivity contribution in [3.63, 3.8) is 0 Å². The zero-order valence-electron chi connectivity index (χ0n) is 10.9. The molecule has 1 aliphatic rings. The van der Waals surface area contributed by atoms with E-state index in [1.165, 1.54) is 11.2 Å². The maximum atomic E-state index is 4.59. The Kier molecular flexibility index (Phi) is 2.63. The van der Waals surface area contributed by atoms with Gasteiger partial charge in [-0.25, -0.2) is 4.98 Å². The van der Waals surface area contributed by atoms with Gasteiger partial charge in [-0.05, 0) is 40.4 Å². The van der Waals surface area contributed by atoms with E-state index in [1.54, 1.807) is 0 Å². The molecule has 1 aliphatic carbocycles. The first-order valence-corrected chi connectivity index (χ1v) is 7.15. The summed E-state index contributed by atoms with van der Waals surface area (Å²) in [7, 11) is 0. The Bertz CT molecular complexity index is 637. The molecule has 18 heavy (non-hydrogen) atoms. The van der Waals surface area contributed by atoms with Crippen molar-refractivity contribution in [1.82, 2.24) is 9.55 Å². The van der Waals surface area contributed by atoms with Gasteiger partial charge in [-0.15, -0.1) is 0 Å². The second kappa shape index (κ2) is 3.95. The molecule has 1 unspecified atom stereocenters. The van der Waals surface area contributed by atoms with Crippen molar-refractivity contribution >= 4 is 32.7 Å². The van der Waals surface area contributed by atoms with Gasteiger partial charge in [0.15, 0.2) is 4.73 Å². The van der Waals surface area contributed by atoms with Crippen LogP contribution in [-0.4, -0.2) is 9.55 Å². The van der Waals surface area contributed by atoms with E-state index in [4.69, 9.17) is 0 Å². The number of aromatic nitrogens is 2. The van der Waals surface area contributed by atoms with Crippen molar-refractivity contribution in [2.75, 3.05) is 0 Å². The van der Waals surface area contributed by atoms with Crippen molar-refractivity contribution in [3.05, 3.63) is 35.1 Å². The van der Waals surface area contributed by atoms with E-state index in [2.05, 4.69) is 70.5 Å². The summed E-state index contributed by atoms with van der Waals surface area (Å²) in [4.78, 5) is 4.59. The summed E-state index contributed by atoms with van der Waals surface area (Å²) in [5.74, 6) is 0.667. The molecule has 1 aromatic heterocycles. The third-order valence-corrected chi connectivity index (χ3v) is 4.85. The summed E-state index contributed by atoms with van der Waals surface area (Å²) < 4.78 is 3.15.